The third-order valence-electron chi connectivity index (χ3n) is 2.87. The van der Waals surface area contributed by atoms with Gasteiger partial charge in [-0.2, -0.15) is 0 Å². The molecule has 86 valence electrons. The van der Waals surface area contributed by atoms with Crippen molar-refractivity contribution in [1.29, 1.82) is 0 Å². The number of aryl methyl sites for hydroxylation is 1. The predicted molar refractivity (Wildman–Crippen MR) is 60.2 cm³/mol. The van der Waals surface area contributed by atoms with Gasteiger partial charge in [0.2, 0.25) is 5.91 Å². The number of likely N-dealkylation sites (tertiary alicyclic amines) is 1. The Labute approximate surface area is 97.5 Å². The molecule has 0 saturated carbocycles. The first-order valence-corrected chi connectivity index (χ1v) is 5.99. The second-order valence-electron chi connectivity index (χ2n) is 4.04. The van der Waals surface area contributed by atoms with Crippen LogP contribution in [-0.2, 0) is 16.1 Å². The lowest BCUT2D eigenvalue weighted by Crippen LogP contribution is -2.25. The highest BCUT2D eigenvalue weighted by atomic mass is 32.1. The fourth-order valence-corrected chi connectivity index (χ4v) is 2.75. The summed E-state index contributed by atoms with van der Waals surface area (Å²) in [4.78, 5) is 25.2. The van der Waals surface area contributed by atoms with Crippen LogP contribution in [0, 0.1) is 12.8 Å². The molecule has 1 unspecified atom stereocenters. The number of amides is 1. The molecule has 1 aliphatic rings. The van der Waals surface area contributed by atoms with E-state index in [2.05, 4.69) is 0 Å². The minimum atomic E-state index is -0.876. The van der Waals surface area contributed by atoms with Crippen molar-refractivity contribution in [2.75, 3.05) is 6.54 Å². The van der Waals surface area contributed by atoms with Gasteiger partial charge in [-0.05, 0) is 23.9 Å². The van der Waals surface area contributed by atoms with Crippen LogP contribution in [0.1, 0.15) is 16.9 Å². The van der Waals surface area contributed by atoms with Gasteiger partial charge in [0.05, 0.1) is 12.5 Å². The van der Waals surface area contributed by atoms with Crippen molar-refractivity contribution in [3.8, 4) is 0 Å². The van der Waals surface area contributed by atoms with E-state index in [1.165, 1.54) is 0 Å². The molecule has 0 bridgehead atoms. The topological polar surface area (TPSA) is 57.6 Å². The molecule has 1 N–H and O–H groups in total. The summed E-state index contributed by atoms with van der Waals surface area (Å²) in [6.45, 7) is 2.89. The Morgan fingerprint density at radius 1 is 1.69 bits per heavy atom. The van der Waals surface area contributed by atoms with Gasteiger partial charge in [0, 0.05) is 17.8 Å². The molecule has 0 radical (unpaired) electrons. The van der Waals surface area contributed by atoms with E-state index in [9.17, 15) is 9.59 Å². The lowest BCUT2D eigenvalue weighted by atomic mass is 10.1. The van der Waals surface area contributed by atoms with E-state index >= 15 is 0 Å². The molecule has 2 rings (SSSR count). The molecule has 1 fully saturated rings. The number of carboxylic acids is 1. The first-order valence-electron chi connectivity index (χ1n) is 5.11. The van der Waals surface area contributed by atoms with Crippen LogP contribution >= 0.6 is 11.3 Å². The standard InChI is InChI=1S/C11H13NO3S/c1-7-2-3-16-9(7)6-12-5-8(11(14)15)4-10(12)13/h2-3,8H,4-6H2,1H3,(H,14,15). The Morgan fingerprint density at radius 2 is 2.44 bits per heavy atom. The van der Waals surface area contributed by atoms with Crippen LogP contribution in [-0.4, -0.2) is 28.4 Å². The van der Waals surface area contributed by atoms with Gasteiger partial charge >= 0.3 is 5.97 Å². The number of carboxylic acid groups (broad SMARTS) is 1. The van der Waals surface area contributed by atoms with Crippen molar-refractivity contribution in [1.82, 2.24) is 4.90 Å². The van der Waals surface area contributed by atoms with Crippen LogP contribution < -0.4 is 0 Å². The van der Waals surface area contributed by atoms with Crippen molar-refractivity contribution in [3.05, 3.63) is 21.9 Å². The molecule has 0 aliphatic carbocycles. The average molecular weight is 239 g/mol. The largest absolute Gasteiger partial charge is 0.481 e. The smallest absolute Gasteiger partial charge is 0.308 e. The SMILES string of the molecule is Cc1ccsc1CN1CC(C(=O)O)CC1=O. The van der Waals surface area contributed by atoms with Crippen LogP contribution in [0.2, 0.25) is 0 Å². The van der Waals surface area contributed by atoms with E-state index in [1.807, 2.05) is 18.4 Å². The van der Waals surface area contributed by atoms with Gasteiger partial charge in [-0.3, -0.25) is 9.59 Å². The summed E-state index contributed by atoms with van der Waals surface area (Å²) < 4.78 is 0. The first-order chi connectivity index (χ1) is 7.58. The van der Waals surface area contributed by atoms with E-state index in [-0.39, 0.29) is 12.3 Å². The highest BCUT2D eigenvalue weighted by Crippen LogP contribution is 2.24. The van der Waals surface area contributed by atoms with E-state index in [4.69, 9.17) is 5.11 Å². The van der Waals surface area contributed by atoms with Crippen LogP contribution in [0.25, 0.3) is 0 Å². The minimum Gasteiger partial charge on any atom is -0.481 e. The molecule has 16 heavy (non-hydrogen) atoms. The van der Waals surface area contributed by atoms with E-state index in [0.717, 1.165) is 10.4 Å². The van der Waals surface area contributed by atoms with E-state index < -0.39 is 11.9 Å². The maximum Gasteiger partial charge on any atom is 0.308 e. The third kappa shape index (κ3) is 2.09. The Hall–Kier alpha value is -1.36. The maximum absolute atomic E-state index is 11.6. The van der Waals surface area contributed by atoms with Gasteiger partial charge in [0.15, 0.2) is 0 Å². The number of carbonyl (C=O) groups is 2. The quantitative estimate of drug-likeness (QED) is 0.869. The molecule has 1 atom stereocenters. The molecule has 0 spiro atoms. The zero-order valence-electron chi connectivity index (χ0n) is 8.97. The molecule has 1 aliphatic heterocycles. The molecule has 1 saturated heterocycles. The second-order valence-corrected chi connectivity index (χ2v) is 5.04. The highest BCUT2D eigenvalue weighted by Gasteiger charge is 2.34. The van der Waals surface area contributed by atoms with Crippen LogP contribution in [0.5, 0.6) is 0 Å². The number of thiophene rings is 1. The van der Waals surface area contributed by atoms with Crippen molar-refractivity contribution in [2.24, 2.45) is 5.92 Å². The van der Waals surface area contributed by atoms with Gasteiger partial charge in [-0.15, -0.1) is 11.3 Å². The van der Waals surface area contributed by atoms with Gasteiger partial charge in [0.1, 0.15) is 0 Å². The van der Waals surface area contributed by atoms with Crippen LogP contribution in [0.4, 0.5) is 0 Å². The van der Waals surface area contributed by atoms with Gasteiger partial charge in [-0.1, -0.05) is 0 Å². The number of nitrogens with zero attached hydrogens (tertiary/aromatic N) is 1. The van der Waals surface area contributed by atoms with Crippen LogP contribution in [0.15, 0.2) is 11.4 Å². The lowest BCUT2D eigenvalue weighted by molar-refractivity contribution is -0.141. The molecule has 0 aromatic carbocycles. The maximum atomic E-state index is 11.6. The number of rotatable bonds is 3. The highest BCUT2D eigenvalue weighted by molar-refractivity contribution is 7.10. The number of aliphatic carboxylic acids is 1. The molecule has 1 amide bonds. The van der Waals surface area contributed by atoms with Crippen molar-refractivity contribution >= 4 is 23.2 Å². The summed E-state index contributed by atoms with van der Waals surface area (Å²) in [5.74, 6) is -1.47. The summed E-state index contributed by atoms with van der Waals surface area (Å²) in [5, 5.41) is 10.8. The average Bonchev–Trinajstić information content (AvgIpc) is 2.76. The molecular weight excluding hydrogens is 226 g/mol. The predicted octanol–water partition coefficient (Wildman–Crippen LogP) is 1.49. The van der Waals surface area contributed by atoms with E-state index in [1.54, 1.807) is 16.2 Å². The van der Waals surface area contributed by atoms with Crippen molar-refractivity contribution < 1.29 is 14.7 Å². The Bertz CT molecular complexity index is 427. The fraction of sp³-hybridized carbons (Fsp3) is 0.455. The lowest BCUT2D eigenvalue weighted by Gasteiger charge is -2.15. The van der Waals surface area contributed by atoms with Gasteiger partial charge in [-0.25, -0.2) is 0 Å². The van der Waals surface area contributed by atoms with Gasteiger partial charge < -0.3 is 10.0 Å². The summed E-state index contributed by atoms with van der Waals surface area (Å²) in [5.41, 5.74) is 1.16. The Balaban J connectivity index is 2.04. The second kappa shape index (κ2) is 4.25. The summed E-state index contributed by atoms with van der Waals surface area (Å²) in [6.07, 6.45) is 0.139. The molecule has 1 aromatic rings. The number of hydrogen-bond donors (Lipinski definition) is 1. The first kappa shape index (κ1) is 11.1. The molecule has 5 heteroatoms. The molecule has 2 heterocycles. The van der Waals surface area contributed by atoms with E-state index in [0.29, 0.717) is 13.1 Å². The van der Waals surface area contributed by atoms with Crippen molar-refractivity contribution in [2.45, 2.75) is 19.9 Å². The summed E-state index contributed by atoms with van der Waals surface area (Å²) in [6, 6.07) is 2.01. The molecular formula is C11H13NO3S. The normalized spacial score (nSPS) is 20.4. The number of carbonyl (C=O) groups excluding carboxylic acids is 1. The zero-order chi connectivity index (χ0) is 11.7. The zero-order valence-corrected chi connectivity index (χ0v) is 9.79. The van der Waals surface area contributed by atoms with Gasteiger partial charge in [0.25, 0.3) is 0 Å². The minimum absolute atomic E-state index is 0.0554. The number of hydrogen-bond acceptors (Lipinski definition) is 3. The molecule has 4 nitrogen and oxygen atoms in total. The van der Waals surface area contributed by atoms with Crippen molar-refractivity contribution in [3.63, 3.8) is 0 Å². The Kier molecular flexibility index (Phi) is 2.96. The summed E-state index contributed by atoms with van der Waals surface area (Å²) in [7, 11) is 0. The Morgan fingerprint density at radius 3 is 2.94 bits per heavy atom. The monoisotopic (exact) mass is 239 g/mol. The fourth-order valence-electron chi connectivity index (χ4n) is 1.83. The van der Waals surface area contributed by atoms with Crippen LogP contribution in [0.3, 0.4) is 0 Å². The third-order valence-corrected chi connectivity index (χ3v) is 3.87. The molecule has 1 aromatic heterocycles. The summed E-state index contributed by atoms with van der Waals surface area (Å²) >= 11 is 1.61.